The van der Waals surface area contributed by atoms with E-state index in [0.29, 0.717) is 24.8 Å². The topological polar surface area (TPSA) is 67.3 Å². The van der Waals surface area contributed by atoms with Crippen LogP contribution in [0.4, 0.5) is 5.69 Å². The Kier molecular flexibility index (Phi) is 4.60. The summed E-state index contributed by atoms with van der Waals surface area (Å²) in [4.78, 5) is 2.29. The zero-order valence-corrected chi connectivity index (χ0v) is 11.1. The van der Waals surface area contributed by atoms with Gasteiger partial charge in [0.05, 0.1) is 24.5 Å². The minimum absolute atomic E-state index is 0.392. The van der Waals surface area contributed by atoms with Gasteiger partial charge in [0.15, 0.2) is 0 Å². The first-order valence-corrected chi connectivity index (χ1v) is 6.81. The van der Waals surface area contributed by atoms with E-state index in [2.05, 4.69) is 17.0 Å². The van der Waals surface area contributed by atoms with E-state index in [9.17, 15) is 5.11 Å². The number of nitrogens with zero attached hydrogens (tertiary/aromatic N) is 3. The number of likely N-dealkylation sites (N-methyl/N-ethyl adjacent to an activating group) is 1. The normalized spacial score (nSPS) is 19.3. The van der Waals surface area contributed by atoms with Gasteiger partial charge in [-0.25, -0.2) is 0 Å². The summed E-state index contributed by atoms with van der Waals surface area (Å²) in [6.07, 6.45) is 9.49. The van der Waals surface area contributed by atoms with Gasteiger partial charge in [-0.1, -0.05) is 19.3 Å². The van der Waals surface area contributed by atoms with Gasteiger partial charge in [-0.2, -0.15) is 5.10 Å². The molecule has 0 aliphatic heterocycles. The molecule has 0 amide bonds. The number of hydrogen-bond donors (Lipinski definition) is 2. The lowest BCUT2D eigenvalue weighted by Crippen LogP contribution is -2.40. The minimum Gasteiger partial charge on any atom is -0.396 e. The van der Waals surface area contributed by atoms with Gasteiger partial charge < -0.3 is 15.7 Å². The molecule has 1 aromatic heterocycles. The zero-order chi connectivity index (χ0) is 13.0. The van der Waals surface area contributed by atoms with Crippen molar-refractivity contribution in [1.29, 1.82) is 0 Å². The molecule has 5 heteroatoms. The number of aliphatic hydroxyl groups excluding tert-OH is 1. The molecule has 1 aliphatic carbocycles. The fraction of sp³-hybridized carbons (Fsp3) is 0.769. The van der Waals surface area contributed by atoms with Crippen LogP contribution in [0.2, 0.25) is 0 Å². The Balaban J connectivity index is 1.77. The van der Waals surface area contributed by atoms with E-state index >= 15 is 0 Å². The van der Waals surface area contributed by atoms with Crippen LogP contribution in [0.15, 0.2) is 12.4 Å². The Hall–Kier alpha value is -1.07. The Labute approximate surface area is 109 Å². The molecule has 1 aromatic rings. The molecule has 1 heterocycles. The van der Waals surface area contributed by atoms with Crippen molar-refractivity contribution in [2.45, 2.75) is 50.8 Å². The van der Waals surface area contributed by atoms with E-state index in [1.807, 2.05) is 0 Å². The van der Waals surface area contributed by atoms with Crippen LogP contribution in [0.3, 0.4) is 0 Å². The van der Waals surface area contributed by atoms with E-state index in [4.69, 9.17) is 5.73 Å². The van der Waals surface area contributed by atoms with Crippen LogP contribution in [0.5, 0.6) is 0 Å². The molecule has 0 saturated heterocycles. The van der Waals surface area contributed by atoms with Gasteiger partial charge in [-0.3, -0.25) is 4.68 Å². The molecule has 1 aliphatic rings. The van der Waals surface area contributed by atoms with Gasteiger partial charge >= 0.3 is 0 Å². The highest BCUT2D eigenvalue weighted by Gasteiger charge is 2.20. The van der Waals surface area contributed by atoms with Crippen LogP contribution < -0.4 is 5.73 Å². The van der Waals surface area contributed by atoms with Crippen LogP contribution in [0, 0.1) is 0 Å². The van der Waals surface area contributed by atoms with Gasteiger partial charge in [-0.05, 0) is 19.9 Å². The second kappa shape index (κ2) is 6.20. The summed E-state index contributed by atoms with van der Waals surface area (Å²) in [6.45, 7) is 1.21. The molecule has 0 aromatic carbocycles. The molecule has 3 N–H and O–H groups in total. The predicted molar refractivity (Wildman–Crippen MR) is 72.1 cm³/mol. The predicted octanol–water partition coefficient (Wildman–Crippen LogP) is 1.09. The molecule has 1 atom stereocenters. The van der Waals surface area contributed by atoms with Crippen LogP contribution in [0.1, 0.15) is 32.1 Å². The first-order chi connectivity index (χ1) is 8.65. The van der Waals surface area contributed by atoms with Crippen molar-refractivity contribution in [3.63, 3.8) is 0 Å². The summed E-state index contributed by atoms with van der Waals surface area (Å²) in [7, 11) is 2.11. The van der Waals surface area contributed by atoms with Crippen molar-refractivity contribution in [1.82, 2.24) is 14.7 Å². The third kappa shape index (κ3) is 3.71. The smallest absolute Gasteiger partial charge is 0.0862 e. The SMILES string of the molecule is CN(CC(O)Cn1cc(N)cn1)C1CCCCC1. The molecule has 0 spiro atoms. The third-order valence-electron chi connectivity index (χ3n) is 3.75. The lowest BCUT2D eigenvalue weighted by atomic mass is 9.94. The average Bonchev–Trinajstić information content (AvgIpc) is 2.75. The summed E-state index contributed by atoms with van der Waals surface area (Å²) in [5.74, 6) is 0. The van der Waals surface area contributed by atoms with Gasteiger partial charge in [0, 0.05) is 18.8 Å². The van der Waals surface area contributed by atoms with Crippen molar-refractivity contribution in [3.8, 4) is 0 Å². The molecule has 5 nitrogen and oxygen atoms in total. The lowest BCUT2D eigenvalue weighted by Gasteiger charge is -2.32. The molecule has 1 fully saturated rings. The molecule has 18 heavy (non-hydrogen) atoms. The number of hydrogen-bond acceptors (Lipinski definition) is 4. The average molecular weight is 252 g/mol. The number of aromatic nitrogens is 2. The van der Waals surface area contributed by atoms with E-state index in [-0.39, 0.29) is 0 Å². The molecule has 1 saturated carbocycles. The highest BCUT2D eigenvalue weighted by molar-refractivity contribution is 5.30. The van der Waals surface area contributed by atoms with Crippen LogP contribution in [0.25, 0.3) is 0 Å². The second-order valence-corrected chi connectivity index (χ2v) is 5.38. The van der Waals surface area contributed by atoms with Crippen molar-refractivity contribution >= 4 is 5.69 Å². The fourth-order valence-corrected chi connectivity index (χ4v) is 2.76. The number of rotatable bonds is 5. The summed E-state index contributed by atoms with van der Waals surface area (Å²) in [5, 5.41) is 14.2. The van der Waals surface area contributed by atoms with Gasteiger partial charge in [0.2, 0.25) is 0 Å². The largest absolute Gasteiger partial charge is 0.396 e. The molecule has 0 radical (unpaired) electrons. The standard InChI is InChI=1S/C13H24N4O/c1-16(12-5-3-2-4-6-12)9-13(18)10-17-8-11(14)7-15-17/h7-8,12-13,18H,2-6,9-10,14H2,1H3. The maximum atomic E-state index is 10.1. The van der Waals surface area contributed by atoms with E-state index in [0.717, 1.165) is 0 Å². The van der Waals surface area contributed by atoms with Crippen LogP contribution in [-0.2, 0) is 6.54 Å². The number of nitrogen functional groups attached to an aromatic ring is 1. The third-order valence-corrected chi connectivity index (χ3v) is 3.75. The monoisotopic (exact) mass is 252 g/mol. The van der Waals surface area contributed by atoms with E-state index in [1.165, 1.54) is 32.1 Å². The quantitative estimate of drug-likeness (QED) is 0.823. The molecule has 102 valence electrons. The first-order valence-electron chi connectivity index (χ1n) is 6.81. The van der Waals surface area contributed by atoms with Gasteiger partial charge in [0.1, 0.15) is 0 Å². The summed E-state index contributed by atoms with van der Waals surface area (Å²) in [6, 6.07) is 0.635. The van der Waals surface area contributed by atoms with Crippen molar-refractivity contribution < 1.29 is 5.11 Å². The first kappa shape index (κ1) is 13.4. The Morgan fingerprint density at radius 1 is 1.50 bits per heavy atom. The van der Waals surface area contributed by atoms with Crippen LogP contribution in [-0.4, -0.2) is 45.5 Å². The maximum absolute atomic E-state index is 10.1. The van der Waals surface area contributed by atoms with E-state index < -0.39 is 6.10 Å². The molecular weight excluding hydrogens is 228 g/mol. The Bertz CT molecular complexity index is 360. The van der Waals surface area contributed by atoms with Crippen molar-refractivity contribution in [2.24, 2.45) is 0 Å². The maximum Gasteiger partial charge on any atom is 0.0862 e. The zero-order valence-electron chi connectivity index (χ0n) is 11.1. The minimum atomic E-state index is -0.392. The summed E-state index contributed by atoms with van der Waals surface area (Å²) >= 11 is 0. The van der Waals surface area contributed by atoms with Crippen molar-refractivity contribution in [2.75, 3.05) is 19.3 Å². The molecular formula is C13H24N4O. The molecule has 2 rings (SSSR count). The van der Waals surface area contributed by atoms with E-state index in [1.54, 1.807) is 17.1 Å². The van der Waals surface area contributed by atoms with Gasteiger partial charge in [-0.15, -0.1) is 0 Å². The lowest BCUT2D eigenvalue weighted by molar-refractivity contribution is 0.0776. The summed E-state index contributed by atoms with van der Waals surface area (Å²) < 4.78 is 1.70. The molecule has 1 unspecified atom stereocenters. The molecule has 0 bridgehead atoms. The highest BCUT2D eigenvalue weighted by Crippen LogP contribution is 2.21. The Morgan fingerprint density at radius 2 is 2.22 bits per heavy atom. The van der Waals surface area contributed by atoms with Crippen molar-refractivity contribution in [3.05, 3.63) is 12.4 Å². The number of aliphatic hydroxyl groups is 1. The Morgan fingerprint density at radius 3 is 2.83 bits per heavy atom. The summed E-state index contributed by atoms with van der Waals surface area (Å²) in [5.41, 5.74) is 6.24. The van der Waals surface area contributed by atoms with Crippen LogP contribution >= 0.6 is 0 Å². The fourth-order valence-electron chi connectivity index (χ4n) is 2.76. The van der Waals surface area contributed by atoms with Gasteiger partial charge in [0.25, 0.3) is 0 Å². The second-order valence-electron chi connectivity index (χ2n) is 5.38. The number of nitrogens with two attached hydrogens (primary N) is 1. The highest BCUT2D eigenvalue weighted by atomic mass is 16.3. The number of anilines is 1.